The summed E-state index contributed by atoms with van der Waals surface area (Å²) in [6.07, 6.45) is 0.599. The van der Waals surface area contributed by atoms with Crippen LogP contribution in [0.1, 0.15) is 30.9 Å². The second-order valence-electron chi connectivity index (χ2n) is 5.97. The number of piperazine rings is 1. The molecule has 1 N–H and O–H groups in total. The molecule has 1 amide bonds. The molecule has 4 nitrogen and oxygen atoms in total. The number of benzene rings is 1. The molecule has 0 radical (unpaired) electrons. The molecule has 0 spiro atoms. The zero-order valence-electron chi connectivity index (χ0n) is 13.3. The molecule has 0 aromatic heterocycles. The standard InChI is InChI=1S/C17H26N2O2/c1-13-5-4-6-16(15(13)3)18-9-11-19(12-10-18)17(21)8-7-14(2)20/h4-6,14,20H,7-12H2,1-3H3. The summed E-state index contributed by atoms with van der Waals surface area (Å²) in [4.78, 5) is 16.3. The third kappa shape index (κ3) is 3.97. The maximum Gasteiger partial charge on any atom is 0.222 e. The van der Waals surface area contributed by atoms with Crippen LogP contribution in [0, 0.1) is 13.8 Å². The molecule has 1 aromatic rings. The van der Waals surface area contributed by atoms with Crippen molar-refractivity contribution in [2.45, 2.75) is 39.7 Å². The molecule has 1 aliphatic rings. The number of anilines is 1. The molecule has 1 unspecified atom stereocenters. The largest absolute Gasteiger partial charge is 0.393 e. The van der Waals surface area contributed by atoms with E-state index in [4.69, 9.17) is 0 Å². The van der Waals surface area contributed by atoms with E-state index in [1.54, 1.807) is 6.92 Å². The first-order valence-electron chi connectivity index (χ1n) is 7.76. The quantitative estimate of drug-likeness (QED) is 0.923. The third-order valence-electron chi connectivity index (χ3n) is 4.33. The summed E-state index contributed by atoms with van der Waals surface area (Å²) in [7, 11) is 0. The van der Waals surface area contributed by atoms with Gasteiger partial charge in [0.1, 0.15) is 0 Å². The monoisotopic (exact) mass is 290 g/mol. The highest BCUT2D eigenvalue weighted by atomic mass is 16.3. The number of rotatable bonds is 4. The minimum atomic E-state index is -0.398. The number of hydrogen-bond donors (Lipinski definition) is 1. The molecule has 2 rings (SSSR count). The lowest BCUT2D eigenvalue weighted by Gasteiger charge is -2.37. The highest BCUT2D eigenvalue weighted by Gasteiger charge is 2.22. The number of hydrogen-bond acceptors (Lipinski definition) is 3. The van der Waals surface area contributed by atoms with Crippen molar-refractivity contribution in [3.05, 3.63) is 29.3 Å². The summed E-state index contributed by atoms with van der Waals surface area (Å²) in [5, 5.41) is 9.27. The minimum absolute atomic E-state index is 0.163. The van der Waals surface area contributed by atoms with Crippen molar-refractivity contribution < 1.29 is 9.90 Å². The van der Waals surface area contributed by atoms with Crippen LogP contribution in [0.25, 0.3) is 0 Å². The Morgan fingerprint density at radius 1 is 1.24 bits per heavy atom. The number of aryl methyl sites for hydroxylation is 1. The van der Waals surface area contributed by atoms with E-state index in [0.717, 1.165) is 26.2 Å². The molecule has 1 aromatic carbocycles. The zero-order valence-corrected chi connectivity index (χ0v) is 13.3. The first-order valence-corrected chi connectivity index (χ1v) is 7.76. The summed E-state index contributed by atoms with van der Waals surface area (Å²) >= 11 is 0. The molecule has 21 heavy (non-hydrogen) atoms. The smallest absolute Gasteiger partial charge is 0.222 e. The number of aliphatic hydroxyl groups is 1. The van der Waals surface area contributed by atoms with Crippen LogP contribution in [0.15, 0.2) is 18.2 Å². The van der Waals surface area contributed by atoms with E-state index < -0.39 is 6.10 Å². The van der Waals surface area contributed by atoms with Gasteiger partial charge in [-0.05, 0) is 44.4 Å². The lowest BCUT2D eigenvalue weighted by molar-refractivity contribution is -0.132. The van der Waals surface area contributed by atoms with Crippen molar-refractivity contribution in [3.63, 3.8) is 0 Å². The van der Waals surface area contributed by atoms with Gasteiger partial charge in [0.15, 0.2) is 0 Å². The minimum Gasteiger partial charge on any atom is -0.393 e. The predicted octanol–water partition coefficient (Wildman–Crippen LogP) is 2.11. The third-order valence-corrected chi connectivity index (χ3v) is 4.33. The van der Waals surface area contributed by atoms with E-state index in [0.29, 0.717) is 12.8 Å². The van der Waals surface area contributed by atoms with Crippen molar-refractivity contribution in [1.29, 1.82) is 0 Å². The SMILES string of the molecule is Cc1cccc(N2CCN(C(=O)CCC(C)O)CC2)c1C. The van der Waals surface area contributed by atoms with Gasteiger partial charge in [-0.2, -0.15) is 0 Å². The van der Waals surface area contributed by atoms with Crippen molar-refractivity contribution in [2.75, 3.05) is 31.1 Å². The molecule has 0 bridgehead atoms. The zero-order chi connectivity index (χ0) is 15.4. The average Bonchev–Trinajstić information content (AvgIpc) is 2.48. The van der Waals surface area contributed by atoms with Crippen LogP contribution in [0.2, 0.25) is 0 Å². The average molecular weight is 290 g/mol. The van der Waals surface area contributed by atoms with E-state index in [-0.39, 0.29) is 5.91 Å². The Morgan fingerprint density at radius 3 is 2.52 bits per heavy atom. The Balaban J connectivity index is 1.91. The molecule has 1 atom stereocenters. The molecule has 1 saturated heterocycles. The van der Waals surface area contributed by atoms with E-state index >= 15 is 0 Å². The Bertz CT molecular complexity index is 492. The van der Waals surface area contributed by atoms with E-state index in [1.165, 1.54) is 16.8 Å². The van der Waals surface area contributed by atoms with Crippen LogP contribution in [0.5, 0.6) is 0 Å². The van der Waals surface area contributed by atoms with Crippen molar-refractivity contribution in [1.82, 2.24) is 4.90 Å². The van der Waals surface area contributed by atoms with Crippen LogP contribution in [0.3, 0.4) is 0 Å². The van der Waals surface area contributed by atoms with Gasteiger partial charge >= 0.3 is 0 Å². The fourth-order valence-electron chi connectivity index (χ4n) is 2.77. The first-order chi connectivity index (χ1) is 9.99. The lowest BCUT2D eigenvalue weighted by Crippen LogP contribution is -2.49. The van der Waals surface area contributed by atoms with Crippen LogP contribution >= 0.6 is 0 Å². The van der Waals surface area contributed by atoms with Gasteiger partial charge in [0.2, 0.25) is 5.91 Å². The molecule has 1 fully saturated rings. The van der Waals surface area contributed by atoms with Crippen molar-refractivity contribution in [3.8, 4) is 0 Å². The Kier molecular flexibility index (Phi) is 5.23. The highest BCUT2D eigenvalue weighted by molar-refractivity contribution is 5.76. The summed E-state index contributed by atoms with van der Waals surface area (Å²) in [6.45, 7) is 9.32. The molecule has 0 aliphatic carbocycles. The molecule has 1 aliphatic heterocycles. The first kappa shape index (κ1) is 15.8. The van der Waals surface area contributed by atoms with Crippen LogP contribution in [0.4, 0.5) is 5.69 Å². The van der Waals surface area contributed by atoms with Gasteiger partial charge in [-0.3, -0.25) is 4.79 Å². The normalized spacial score (nSPS) is 17.0. The topological polar surface area (TPSA) is 43.8 Å². The van der Waals surface area contributed by atoms with E-state index in [1.807, 2.05) is 4.90 Å². The molecule has 4 heteroatoms. The molecule has 116 valence electrons. The van der Waals surface area contributed by atoms with Gasteiger partial charge in [-0.1, -0.05) is 12.1 Å². The number of nitrogens with zero attached hydrogens (tertiary/aromatic N) is 2. The number of amides is 1. The van der Waals surface area contributed by atoms with E-state index in [9.17, 15) is 9.90 Å². The Hall–Kier alpha value is -1.55. The van der Waals surface area contributed by atoms with Crippen molar-refractivity contribution in [2.24, 2.45) is 0 Å². The summed E-state index contributed by atoms with van der Waals surface area (Å²) in [5.41, 5.74) is 3.92. The summed E-state index contributed by atoms with van der Waals surface area (Å²) in [6, 6.07) is 6.39. The maximum absolute atomic E-state index is 12.1. The van der Waals surface area contributed by atoms with Crippen LogP contribution in [-0.2, 0) is 4.79 Å². The molecule has 1 heterocycles. The van der Waals surface area contributed by atoms with E-state index in [2.05, 4.69) is 36.9 Å². The van der Waals surface area contributed by atoms with Crippen LogP contribution in [-0.4, -0.2) is 48.2 Å². The van der Waals surface area contributed by atoms with Gasteiger partial charge in [0.25, 0.3) is 0 Å². The molecular weight excluding hydrogens is 264 g/mol. The molecular formula is C17H26N2O2. The predicted molar refractivity (Wildman–Crippen MR) is 85.6 cm³/mol. The number of carbonyl (C=O) groups excluding carboxylic acids is 1. The fraction of sp³-hybridized carbons (Fsp3) is 0.588. The van der Waals surface area contributed by atoms with Crippen LogP contribution < -0.4 is 4.90 Å². The second kappa shape index (κ2) is 6.94. The Labute approximate surface area is 127 Å². The number of aliphatic hydroxyl groups excluding tert-OH is 1. The lowest BCUT2D eigenvalue weighted by atomic mass is 10.1. The highest BCUT2D eigenvalue weighted by Crippen LogP contribution is 2.24. The van der Waals surface area contributed by atoms with Gasteiger partial charge in [-0.25, -0.2) is 0 Å². The van der Waals surface area contributed by atoms with Gasteiger partial charge < -0.3 is 14.9 Å². The van der Waals surface area contributed by atoms with Crippen molar-refractivity contribution >= 4 is 11.6 Å². The number of carbonyl (C=O) groups is 1. The van der Waals surface area contributed by atoms with Gasteiger partial charge in [0, 0.05) is 38.3 Å². The second-order valence-corrected chi connectivity index (χ2v) is 5.97. The molecule has 0 saturated carbocycles. The maximum atomic E-state index is 12.1. The fourth-order valence-corrected chi connectivity index (χ4v) is 2.77. The summed E-state index contributed by atoms with van der Waals surface area (Å²) in [5.74, 6) is 0.163. The summed E-state index contributed by atoms with van der Waals surface area (Å²) < 4.78 is 0. The van der Waals surface area contributed by atoms with Gasteiger partial charge in [-0.15, -0.1) is 0 Å². The van der Waals surface area contributed by atoms with Gasteiger partial charge in [0.05, 0.1) is 6.10 Å². The Morgan fingerprint density at radius 2 is 1.90 bits per heavy atom.